The van der Waals surface area contributed by atoms with E-state index >= 15 is 0 Å². The number of benzene rings is 2. The van der Waals surface area contributed by atoms with E-state index in [0.29, 0.717) is 0 Å². The van der Waals surface area contributed by atoms with Crippen LogP contribution in [0, 0.1) is 11.2 Å². The van der Waals surface area contributed by atoms with Gasteiger partial charge in [0.1, 0.15) is 5.82 Å². The van der Waals surface area contributed by atoms with Crippen LogP contribution in [0.2, 0.25) is 0 Å². The maximum atomic E-state index is 13.2. The topological polar surface area (TPSA) is 37.3 Å². The van der Waals surface area contributed by atoms with Crippen LogP contribution in [0.3, 0.4) is 0 Å². The molecular weight excluding hydrogens is 255 g/mol. The summed E-state index contributed by atoms with van der Waals surface area (Å²) in [4.78, 5) is 11.5. The first kappa shape index (κ1) is 14.5. The summed E-state index contributed by atoms with van der Waals surface area (Å²) in [6.45, 7) is 5.49. The number of hydrogen-bond acceptors (Lipinski definition) is 1. The molecule has 0 spiro atoms. The third kappa shape index (κ3) is 2.53. The second-order valence-corrected chi connectivity index (χ2v) is 5.74. The van der Waals surface area contributed by atoms with E-state index in [4.69, 9.17) is 0 Å². The fraction of sp³-hybridized carbons (Fsp3) is 0.353. The highest BCUT2D eigenvalue weighted by atomic mass is 19.1. The van der Waals surface area contributed by atoms with Gasteiger partial charge in [0.05, 0.1) is 5.41 Å². The van der Waals surface area contributed by atoms with Gasteiger partial charge in [0.2, 0.25) is 0 Å². The van der Waals surface area contributed by atoms with Gasteiger partial charge in [-0.1, -0.05) is 31.2 Å². The molecule has 0 amide bonds. The normalized spacial score (nSPS) is 13.4. The van der Waals surface area contributed by atoms with Crippen LogP contribution in [0.1, 0.15) is 38.7 Å². The van der Waals surface area contributed by atoms with Crippen molar-refractivity contribution in [3.05, 3.63) is 47.8 Å². The molecule has 0 radical (unpaired) electrons. The van der Waals surface area contributed by atoms with Gasteiger partial charge in [0.15, 0.2) is 0 Å². The molecule has 106 valence electrons. The molecule has 0 aliphatic rings. The largest absolute Gasteiger partial charge is 0.481 e. The minimum atomic E-state index is -0.831. The Balaban J connectivity index is 2.50. The van der Waals surface area contributed by atoms with Crippen LogP contribution in [-0.2, 0) is 4.79 Å². The lowest BCUT2D eigenvalue weighted by Gasteiger charge is -2.30. The van der Waals surface area contributed by atoms with E-state index in [1.807, 2.05) is 25.1 Å². The zero-order valence-corrected chi connectivity index (χ0v) is 12.0. The summed E-state index contributed by atoms with van der Waals surface area (Å²) in [6.07, 6.45) is 0.742. The average Bonchev–Trinajstić information content (AvgIpc) is 2.39. The molecule has 0 saturated heterocycles. The van der Waals surface area contributed by atoms with Gasteiger partial charge in [-0.25, -0.2) is 4.39 Å². The number of carboxylic acid groups (broad SMARTS) is 1. The van der Waals surface area contributed by atoms with Crippen molar-refractivity contribution >= 4 is 16.7 Å². The van der Waals surface area contributed by atoms with E-state index in [1.54, 1.807) is 19.9 Å². The minimum absolute atomic E-state index is 0.0746. The smallest absolute Gasteiger partial charge is 0.309 e. The first-order valence-corrected chi connectivity index (χ1v) is 6.79. The Morgan fingerprint density at radius 1 is 1.20 bits per heavy atom. The second kappa shape index (κ2) is 5.23. The van der Waals surface area contributed by atoms with Gasteiger partial charge in [-0.2, -0.15) is 0 Å². The van der Waals surface area contributed by atoms with Gasteiger partial charge in [-0.15, -0.1) is 0 Å². The summed E-state index contributed by atoms with van der Waals surface area (Å²) in [6, 6.07) is 10.4. The number of carboxylic acids is 1. The average molecular weight is 274 g/mol. The lowest BCUT2D eigenvalue weighted by molar-refractivity contribution is -0.148. The fourth-order valence-corrected chi connectivity index (χ4v) is 2.76. The molecule has 0 aromatic heterocycles. The molecule has 1 N–H and O–H groups in total. The van der Waals surface area contributed by atoms with E-state index in [0.717, 1.165) is 22.8 Å². The maximum absolute atomic E-state index is 13.2. The zero-order valence-electron chi connectivity index (χ0n) is 12.0. The first-order chi connectivity index (χ1) is 9.36. The number of aliphatic carboxylic acids is 1. The number of carbonyl (C=O) groups is 1. The van der Waals surface area contributed by atoms with Gasteiger partial charge >= 0.3 is 5.97 Å². The monoisotopic (exact) mass is 274 g/mol. The minimum Gasteiger partial charge on any atom is -0.481 e. The number of hydrogen-bond donors (Lipinski definition) is 1. The van der Waals surface area contributed by atoms with Gasteiger partial charge in [0, 0.05) is 0 Å². The highest BCUT2D eigenvalue weighted by Gasteiger charge is 2.36. The van der Waals surface area contributed by atoms with Crippen LogP contribution < -0.4 is 0 Å². The van der Waals surface area contributed by atoms with Crippen molar-refractivity contribution in [1.29, 1.82) is 0 Å². The predicted molar refractivity (Wildman–Crippen MR) is 78.4 cm³/mol. The molecular formula is C17H19FO2. The summed E-state index contributed by atoms with van der Waals surface area (Å²) in [5.41, 5.74) is 0.154. The highest BCUT2D eigenvalue weighted by molar-refractivity contribution is 5.84. The molecule has 0 fully saturated rings. The van der Waals surface area contributed by atoms with E-state index in [9.17, 15) is 14.3 Å². The highest BCUT2D eigenvalue weighted by Crippen LogP contribution is 2.39. The maximum Gasteiger partial charge on any atom is 0.309 e. The van der Waals surface area contributed by atoms with E-state index in [-0.39, 0.29) is 11.7 Å². The van der Waals surface area contributed by atoms with E-state index in [2.05, 4.69) is 0 Å². The van der Waals surface area contributed by atoms with Crippen molar-refractivity contribution < 1.29 is 14.3 Å². The fourth-order valence-electron chi connectivity index (χ4n) is 2.76. The molecule has 0 unspecified atom stereocenters. The third-order valence-corrected chi connectivity index (χ3v) is 4.06. The molecule has 0 heterocycles. The Bertz CT molecular complexity index is 646. The van der Waals surface area contributed by atoms with Crippen LogP contribution in [0.5, 0.6) is 0 Å². The lowest BCUT2D eigenvalue weighted by Crippen LogP contribution is -2.31. The Hall–Kier alpha value is -1.90. The first-order valence-electron chi connectivity index (χ1n) is 6.79. The second-order valence-electron chi connectivity index (χ2n) is 5.74. The van der Waals surface area contributed by atoms with Gasteiger partial charge in [-0.05, 0) is 54.7 Å². The summed E-state index contributed by atoms with van der Waals surface area (Å²) in [5, 5.41) is 11.2. The van der Waals surface area contributed by atoms with E-state index < -0.39 is 11.4 Å². The quantitative estimate of drug-likeness (QED) is 0.885. The van der Waals surface area contributed by atoms with E-state index in [1.165, 1.54) is 12.1 Å². The SMILES string of the molecule is CC[C@H](c1ccc2cc(F)ccc2c1)C(C)(C)C(=O)O. The lowest BCUT2D eigenvalue weighted by atomic mass is 9.73. The van der Waals surface area contributed by atoms with Gasteiger partial charge in [0.25, 0.3) is 0 Å². The van der Waals surface area contributed by atoms with Crippen molar-refractivity contribution in [1.82, 2.24) is 0 Å². The Morgan fingerprint density at radius 3 is 2.40 bits per heavy atom. The molecule has 2 rings (SSSR count). The Labute approximate surface area is 118 Å². The molecule has 2 nitrogen and oxygen atoms in total. The van der Waals surface area contributed by atoms with Crippen LogP contribution in [-0.4, -0.2) is 11.1 Å². The summed E-state index contributed by atoms with van der Waals surface area (Å²) in [7, 11) is 0. The van der Waals surface area contributed by atoms with Crippen LogP contribution >= 0.6 is 0 Å². The summed E-state index contributed by atoms with van der Waals surface area (Å²) in [5.74, 6) is -1.14. The van der Waals surface area contributed by atoms with Crippen molar-refractivity contribution in [2.24, 2.45) is 5.41 Å². The van der Waals surface area contributed by atoms with Crippen LogP contribution in [0.4, 0.5) is 4.39 Å². The predicted octanol–water partition coefficient (Wildman–Crippen LogP) is 4.58. The van der Waals surface area contributed by atoms with Crippen LogP contribution in [0.25, 0.3) is 10.8 Å². The summed E-state index contributed by atoms with van der Waals surface area (Å²) >= 11 is 0. The number of fused-ring (bicyclic) bond motifs is 1. The van der Waals surface area contributed by atoms with Crippen molar-refractivity contribution in [2.45, 2.75) is 33.1 Å². The molecule has 0 bridgehead atoms. The van der Waals surface area contributed by atoms with Gasteiger partial charge < -0.3 is 5.11 Å². The molecule has 0 aliphatic carbocycles. The standard InChI is InChI=1S/C17H19FO2/c1-4-15(17(2,3)16(19)20)13-6-5-12-10-14(18)8-7-11(12)9-13/h5-10,15H,4H2,1-3H3,(H,19,20)/t15-/m1/s1. The van der Waals surface area contributed by atoms with Gasteiger partial charge in [-0.3, -0.25) is 4.79 Å². The Kier molecular flexibility index (Phi) is 3.80. The molecule has 0 aliphatic heterocycles. The zero-order chi connectivity index (χ0) is 14.9. The molecule has 0 saturated carbocycles. The molecule has 3 heteroatoms. The molecule has 2 aromatic rings. The molecule has 1 atom stereocenters. The van der Waals surface area contributed by atoms with Crippen LogP contribution in [0.15, 0.2) is 36.4 Å². The number of rotatable bonds is 4. The molecule has 2 aromatic carbocycles. The van der Waals surface area contributed by atoms with Crippen molar-refractivity contribution in [3.8, 4) is 0 Å². The van der Waals surface area contributed by atoms with Crippen molar-refractivity contribution in [2.75, 3.05) is 0 Å². The number of halogens is 1. The third-order valence-electron chi connectivity index (χ3n) is 4.06. The Morgan fingerprint density at radius 2 is 1.80 bits per heavy atom. The molecule has 20 heavy (non-hydrogen) atoms. The summed E-state index contributed by atoms with van der Waals surface area (Å²) < 4.78 is 13.2. The van der Waals surface area contributed by atoms with Crippen molar-refractivity contribution in [3.63, 3.8) is 0 Å².